The molecule has 2 N–H and O–H groups in total. The number of fused-ring (bicyclic) bond motifs is 1. The monoisotopic (exact) mass is 368 g/mol. The van der Waals surface area contributed by atoms with Gasteiger partial charge in [-0.15, -0.1) is 0 Å². The highest BCUT2D eigenvalue weighted by atomic mass is 32.2. The third kappa shape index (κ3) is 3.26. The van der Waals surface area contributed by atoms with Gasteiger partial charge in [-0.1, -0.05) is 6.07 Å². The fourth-order valence-corrected chi connectivity index (χ4v) is 3.65. The highest BCUT2D eigenvalue weighted by Gasteiger charge is 2.28. The Kier molecular flexibility index (Phi) is 4.10. The van der Waals surface area contributed by atoms with Gasteiger partial charge in [0.25, 0.3) is 5.56 Å². The van der Waals surface area contributed by atoms with Gasteiger partial charge in [0.15, 0.2) is 0 Å². The van der Waals surface area contributed by atoms with Crippen molar-refractivity contribution in [3.8, 4) is 11.3 Å². The van der Waals surface area contributed by atoms with Crippen molar-refractivity contribution in [3.05, 3.63) is 46.5 Å². The number of anilines is 1. The molecule has 3 aromatic rings. The smallest absolute Gasteiger partial charge is 0.274 e. The Hall–Kier alpha value is -2.21. The zero-order valence-corrected chi connectivity index (χ0v) is 16.4. The molecule has 3 aromatic heterocycles. The molecule has 0 amide bonds. The van der Waals surface area contributed by atoms with Crippen LogP contribution in [0.5, 0.6) is 0 Å². The standard InChI is InChI=1S/C20H24N4OS/c1-20(2,3)26-23-16-8-7-13(12-5-6-12)17(22-16)15-11-24(4)19(25)18-14(15)9-10-21-18/h7-12,21H,5-6H2,1-4H3,(H,22,23). The second kappa shape index (κ2) is 6.20. The lowest BCUT2D eigenvalue weighted by Crippen LogP contribution is -2.17. The van der Waals surface area contributed by atoms with E-state index in [9.17, 15) is 4.79 Å². The Morgan fingerprint density at radius 1 is 1.27 bits per heavy atom. The first-order chi connectivity index (χ1) is 12.3. The van der Waals surface area contributed by atoms with Crippen molar-refractivity contribution >= 4 is 28.7 Å². The van der Waals surface area contributed by atoms with Gasteiger partial charge in [-0.2, -0.15) is 0 Å². The number of nitrogens with one attached hydrogen (secondary N) is 2. The van der Waals surface area contributed by atoms with Gasteiger partial charge in [-0.05, 0) is 69.2 Å². The minimum atomic E-state index is -0.0145. The highest BCUT2D eigenvalue weighted by molar-refractivity contribution is 8.01. The third-order valence-corrected chi connectivity index (χ3v) is 5.48. The first-order valence-corrected chi connectivity index (χ1v) is 9.77. The van der Waals surface area contributed by atoms with Crippen molar-refractivity contribution < 1.29 is 0 Å². The molecule has 1 saturated carbocycles. The molecule has 5 nitrogen and oxygen atoms in total. The summed E-state index contributed by atoms with van der Waals surface area (Å²) in [6.45, 7) is 6.50. The van der Waals surface area contributed by atoms with Crippen LogP contribution in [-0.4, -0.2) is 19.3 Å². The molecule has 0 saturated heterocycles. The maximum atomic E-state index is 12.4. The van der Waals surface area contributed by atoms with E-state index < -0.39 is 0 Å². The number of aromatic nitrogens is 3. The second-order valence-corrected chi connectivity index (χ2v) is 9.58. The van der Waals surface area contributed by atoms with Gasteiger partial charge in [0.2, 0.25) is 0 Å². The molecule has 0 aliphatic heterocycles. The fourth-order valence-electron chi connectivity index (χ4n) is 3.13. The maximum Gasteiger partial charge on any atom is 0.274 e. The number of nitrogens with zero attached hydrogens (tertiary/aromatic N) is 2. The molecule has 0 radical (unpaired) electrons. The van der Waals surface area contributed by atoms with Crippen molar-refractivity contribution in [2.24, 2.45) is 7.05 Å². The van der Waals surface area contributed by atoms with Crippen molar-refractivity contribution in [2.45, 2.75) is 44.3 Å². The summed E-state index contributed by atoms with van der Waals surface area (Å²) in [6.07, 6.45) is 6.15. The number of hydrogen-bond donors (Lipinski definition) is 2. The van der Waals surface area contributed by atoms with E-state index in [0.29, 0.717) is 11.4 Å². The van der Waals surface area contributed by atoms with E-state index >= 15 is 0 Å². The van der Waals surface area contributed by atoms with Crippen LogP contribution in [0.3, 0.4) is 0 Å². The van der Waals surface area contributed by atoms with Gasteiger partial charge in [-0.25, -0.2) is 4.98 Å². The van der Waals surface area contributed by atoms with E-state index in [1.54, 1.807) is 23.6 Å². The van der Waals surface area contributed by atoms with Crippen molar-refractivity contribution in [1.82, 2.24) is 14.5 Å². The number of rotatable bonds is 4. The van der Waals surface area contributed by atoms with Crippen molar-refractivity contribution in [1.29, 1.82) is 0 Å². The molecule has 6 heteroatoms. The molecule has 1 aliphatic rings. The zero-order valence-electron chi connectivity index (χ0n) is 15.6. The van der Waals surface area contributed by atoms with Gasteiger partial charge < -0.3 is 14.3 Å². The maximum absolute atomic E-state index is 12.4. The quantitative estimate of drug-likeness (QED) is 0.657. The number of aryl methyl sites for hydroxylation is 1. The molecule has 0 unspecified atom stereocenters. The highest BCUT2D eigenvalue weighted by Crippen LogP contribution is 2.45. The summed E-state index contributed by atoms with van der Waals surface area (Å²) >= 11 is 1.66. The van der Waals surface area contributed by atoms with Gasteiger partial charge in [0.1, 0.15) is 11.3 Å². The molecule has 1 fully saturated rings. The Morgan fingerprint density at radius 2 is 2.04 bits per heavy atom. The van der Waals surface area contributed by atoms with Crippen LogP contribution in [-0.2, 0) is 7.05 Å². The topological polar surface area (TPSA) is 62.7 Å². The van der Waals surface area contributed by atoms with Crippen LogP contribution in [0, 0.1) is 0 Å². The Balaban J connectivity index is 1.86. The number of hydrogen-bond acceptors (Lipinski definition) is 4. The van der Waals surface area contributed by atoms with E-state index in [4.69, 9.17) is 4.98 Å². The molecule has 26 heavy (non-hydrogen) atoms. The van der Waals surface area contributed by atoms with Gasteiger partial charge in [-0.3, -0.25) is 4.79 Å². The summed E-state index contributed by atoms with van der Waals surface area (Å²) in [5.74, 6) is 1.43. The Morgan fingerprint density at radius 3 is 2.73 bits per heavy atom. The van der Waals surface area contributed by atoms with Crippen molar-refractivity contribution in [3.63, 3.8) is 0 Å². The van der Waals surface area contributed by atoms with Crippen LogP contribution in [0.15, 0.2) is 35.4 Å². The lowest BCUT2D eigenvalue weighted by molar-refractivity contribution is 0.805. The van der Waals surface area contributed by atoms with Gasteiger partial charge >= 0.3 is 0 Å². The average molecular weight is 369 g/mol. The SMILES string of the molecule is Cn1cc(-c2nc(NSC(C)(C)C)ccc2C2CC2)c2cc[nH]c2c1=O. The predicted molar refractivity (Wildman–Crippen MR) is 110 cm³/mol. The van der Waals surface area contributed by atoms with Crippen molar-refractivity contribution in [2.75, 3.05) is 4.72 Å². The molecule has 136 valence electrons. The minimum Gasteiger partial charge on any atom is -0.357 e. The average Bonchev–Trinajstić information content (AvgIpc) is 3.31. The van der Waals surface area contributed by atoms with E-state index in [-0.39, 0.29) is 10.3 Å². The molecule has 1 aliphatic carbocycles. The Bertz CT molecular complexity index is 1020. The first-order valence-electron chi connectivity index (χ1n) is 8.95. The number of pyridine rings is 2. The van der Waals surface area contributed by atoms with E-state index in [0.717, 1.165) is 22.5 Å². The lowest BCUT2D eigenvalue weighted by atomic mass is 10.0. The number of aromatic amines is 1. The van der Waals surface area contributed by atoms with Gasteiger partial charge in [0, 0.05) is 35.1 Å². The third-order valence-electron chi connectivity index (χ3n) is 4.55. The first kappa shape index (κ1) is 17.2. The molecule has 4 rings (SSSR count). The largest absolute Gasteiger partial charge is 0.357 e. The summed E-state index contributed by atoms with van der Waals surface area (Å²) in [5, 5.41) is 0.933. The van der Waals surface area contributed by atoms with Crippen LogP contribution < -0.4 is 10.3 Å². The summed E-state index contributed by atoms with van der Waals surface area (Å²) in [7, 11) is 1.79. The second-order valence-electron chi connectivity index (χ2n) is 7.95. The van der Waals surface area contributed by atoms with Gasteiger partial charge in [0.05, 0.1) is 5.69 Å². The summed E-state index contributed by atoms with van der Waals surface area (Å²) in [4.78, 5) is 20.4. The molecular weight excluding hydrogens is 344 g/mol. The lowest BCUT2D eigenvalue weighted by Gasteiger charge is -2.19. The number of H-pyrrole nitrogens is 1. The van der Waals surface area contributed by atoms with Crippen LogP contribution in [0.25, 0.3) is 22.2 Å². The molecule has 3 heterocycles. The predicted octanol–water partition coefficient (Wildman–Crippen LogP) is 4.66. The van der Waals surface area contributed by atoms with Crippen LogP contribution in [0.2, 0.25) is 0 Å². The molecule has 0 bridgehead atoms. The Labute approximate surface area is 157 Å². The van der Waals surface area contributed by atoms with E-state index in [2.05, 4.69) is 42.6 Å². The van der Waals surface area contributed by atoms with E-state index in [1.165, 1.54) is 18.4 Å². The summed E-state index contributed by atoms with van der Waals surface area (Å²) < 4.78 is 5.11. The zero-order chi connectivity index (χ0) is 18.5. The fraction of sp³-hybridized carbons (Fsp3) is 0.400. The van der Waals surface area contributed by atoms with E-state index in [1.807, 2.05) is 18.5 Å². The van der Waals surface area contributed by atoms with Crippen LogP contribution in [0.1, 0.15) is 45.1 Å². The molecular formula is C20H24N4OS. The van der Waals surface area contributed by atoms with Crippen LogP contribution >= 0.6 is 11.9 Å². The molecule has 0 atom stereocenters. The van der Waals surface area contributed by atoms with Crippen LogP contribution in [0.4, 0.5) is 5.82 Å². The summed E-state index contributed by atoms with van der Waals surface area (Å²) in [5.41, 5.74) is 3.88. The normalized spacial score (nSPS) is 14.8. The molecule has 0 aromatic carbocycles. The summed E-state index contributed by atoms with van der Waals surface area (Å²) in [6, 6.07) is 6.22. The molecule has 0 spiro atoms. The minimum absolute atomic E-state index is 0.0145.